The van der Waals surface area contributed by atoms with Gasteiger partial charge < -0.3 is 11.5 Å². The normalized spacial score (nSPS) is 12.7. The fraction of sp³-hybridized carbons (Fsp3) is 1.00. The fourth-order valence-electron chi connectivity index (χ4n) is 0.102. The SMILES string of the molecule is CC(C)(C)[NH3+].CC(C)(C)[NH3+].[O]=[Cr](=[O])([O-])[O][Cr](=[O])(=[O])[O-]. The van der Waals surface area contributed by atoms with Gasteiger partial charge in [0.15, 0.2) is 0 Å². The van der Waals surface area contributed by atoms with Gasteiger partial charge in [-0.1, -0.05) is 0 Å². The van der Waals surface area contributed by atoms with Crippen molar-refractivity contribution < 1.29 is 65.1 Å². The predicted molar refractivity (Wildman–Crippen MR) is 49.1 cm³/mol. The first-order chi connectivity index (χ1) is 7.71. The fourth-order valence-corrected chi connectivity index (χ4v) is 1.74. The van der Waals surface area contributed by atoms with Crippen LogP contribution in [0.3, 0.4) is 0 Å². The van der Waals surface area contributed by atoms with Crippen LogP contribution in [0, 0.1) is 0 Å². The van der Waals surface area contributed by atoms with Crippen molar-refractivity contribution in [2.45, 2.75) is 52.6 Å². The minimum atomic E-state index is -6.07. The number of hydrogen-bond donors (Lipinski definition) is 2. The Kier molecular flexibility index (Phi) is 10.6. The second kappa shape index (κ2) is 8.37. The van der Waals surface area contributed by atoms with Crippen LogP contribution in [-0.2, 0) is 45.3 Å². The van der Waals surface area contributed by atoms with Crippen LogP contribution in [0.1, 0.15) is 41.5 Å². The van der Waals surface area contributed by atoms with Crippen molar-refractivity contribution in [1.82, 2.24) is 0 Å². The molecule has 0 aromatic carbocycles. The van der Waals surface area contributed by atoms with Crippen LogP contribution in [0.4, 0.5) is 0 Å². The summed E-state index contributed by atoms with van der Waals surface area (Å²) >= 11 is -12.1. The summed E-state index contributed by atoms with van der Waals surface area (Å²) in [4.78, 5) is 0. The molecule has 0 aromatic rings. The molecule has 0 bridgehead atoms. The average molecular weight is 364 g/mol. The van der Waals surface area contributed by atoms with Gasteiger partial charge in [0.1, 0.15) is 0 Å². The number of quaternary nitrogens is 2. The summed E-state index contributed by atoms with van der Waals surface area (Å²) in [6.45, 7) is 12.5. The van der Waals surface area contributed by atoms with E-state index in [4.69, 9.17) is 0 Å². The first kappa shape index (κ1) is 24.1. The summed E-state index contributed by atoms with van der Waals surface area (Å²) in [7, 11) is 0. The Balaban J connectivity index is -0.000000219. The van der Waals surface area contributed by atoms with Crippen LogP contribution in [0.2, 0.25) is 0 Å². The van der Waals surface area contributed by atoms with E-state index in [0.717, 1.165) is 0 Å². The number of rotatable bonds is 2. The van der Waals surface area contributed by atoms with E-state index < -0.39 is 27.2 Å². The van der Waals surface area contributed by atoms with Crippen molar-refractivity contribution in [2.24, 2.45) is 0 Å². The third kappa shape index (κ3) is 127. The minimum absolute atomic E-state index is 0.250. The van der Waals surface area contributed by atoms with Crippen molar-refractivity contribution in [3.63, 3.8) is 0 Å². The van der Waals surface area contributed by atoms with E-state index in [0.29, 0.717) is 0 Å². The molecule has 9 nitrogen and oxygen atoms in total. The molecule has 0 aliphatic carbocycles. The summed E-state index contributed by atoms with van der Waals surface area (Å²) in [6, 6.07) is 0. The zero-order chi connectivity index (χ0) is 16.7. The molecule has 120 valence electrons. The second-order valence-electron chi connectivity index (χ2n) is 6.01. The zero-order valence-electron chi connectivity index (χ0n) is 12.1. The standard InChI is InChI=1S/2C4H11N.2Cr.7O/c2*1-4(2,3)5;;;;;;;;;/h2*5H2,1-3H3;;;;;;;;;/q;;;;;;;;;2*-1/p+2. The van der Waals surface area contributed by atoms with Crippen LogP contribution in [0.5, 0.6) is 0 Å². The van der Waals surface area contributed by atoms with Gasteiger partial charge >= 0.3 is 53.6 Å². The Morgan fingerprint density at radius 3 is 0.842 bits per heavy atom. The van der Waals surface area contributed by atoms with Crippen LogP contribution in [0.15, 0.2) is 0 Å². The third-order valence-corrected chi connectivity index (χ3v) is 2.83. The van der Waals surface area contributed by atoms with Gasteiger partial charge in [-0.2, -0.15) is 0 Å². The molecule has 0 aliphatic heterocycles. The maximum atomic E-state index is 9.38. The number of hydrogen-bond acceptors (Lipinski definition) is 7. The Labute approximate surface area is 118 Å². The van der Waals surface area contributed by atoms with E-state index in [-0.39, 0.29) is 11.1 Å². The van der Waals surface area contributed by atoms with Gasteiger partial charge in [-0.05, 0) is 41.5 Å². The summed E-state index contributed by atoms with van der Waals surface area (Å²) in [5.41, 5.74) is 8.04. The molecule has 0 rings (SSSR count). The molecule has 0 saturated carbocycles. The quantitative estimate of drug-likeness (QED) is 0.528. The third-order valence-electron chi connectivity index (χ3n) is 0.167. The molecule has 0 aromatic heterocycles. The van der Waals surface area contributed by atoms with Crippen LogP contribution >= 0.6 is 0 Å². The Morgan fingerprint density at radius 2 is 0.842 bits per heavy atom. The van der Waals surface area contributed by atoms with Crippen LogP contribution in [0.25, 0.3) is 0 Å². The molecule has 0 heterocycles. The van der Waals surface area contributed by atoms with Crippen LogP contribution in [-0.4, -0.2) is 11.1 Å². The Morgan fingerprint density at radius 1 is 0.737 bits per heavy atom. The topological polar surface area (TPSA) is 179 Å². The molecular formula is C8H24Cr2N2O7. The molecule has 0 amide bonds. The maximum absolute atomic E-state index is 9.38. The molecule has 0 fully saturated rings. The van der Waals surface area contributed by atoms with Gasteiger partial charge in [0, 0.05) is 0 Å². The summed E-state index contributed by atoms with van der Waals surface area (Å²) in [5.74, 6) is 0. The molecule has 0 atom stereocenters. The predicted octanol–water partition coefficient (Wildman–Crippen LogP) is -2.87. The van der Waals surface area contributed by atoms with E-state index in [2.05, 4.69) is 55.8 Å². The van der Waals surface area contributed by atoms with E-state index in [9.17, 15) is 23.5 Å². The molecule has 19 heavy (non-hydrogen) atoms. The first-order valence-electron chi connectivity index (χ1n) is 5.04. The van der Waals surface area contributed by atoms with Crippen molar-refractivity contribution in [2.75, 3.05) is 0 Å². The van der Waals surface area contributed by atoms with Crippen molar-refractivity contribution in [1.29, 1.82) is 0 Å². The molecule has 0 aliphatic rings. The van der Waals surface area contributed by atoms with E-state index in [1.807, 2.05) is 0 Å². The molecule has 0 unspecified atom stereocenters. The molecule has 0 radical (unpaired) electrons. The van der Waals surface area contributed by atoms with Gasteiger partial charge in [0.25, 0.3) is 0 Å². The molecular weight excluding hydrogens is 340 g/mol. The summed E-state index contributed by atoms with van der Waals surface area (Å²) in [5, 5.41) is 0. The van der Waals surface area contributed by atoms with Crippen LogP contribution < -0.4 is 19.8 Å². The van der Waals surface area contributed by atoms with E-state index in [1.165, 1.54) is 0 Å². The van der Waals surface area contributed by atoms with Gasteiger partial charge in [0.05, 0.1) is 11.1 Å². The molecule has 0 saturated heterocycles. The zero-order valence-corrected chi connectivity index (χ0v) is 14.6. The van der Waals surface area contributed by atoms with Gasteiger partial charge in [-0.25, -0.2) is 0 Å². The van der Waals surface area contributed by atoms with Gasteiger partial charge in [-0.3, -0.25) is 0 Å². The van der Waals surface area contributed by atoms with Gasteiger partial charge in [0.2, 0.25) is 0 Å². The Bertz CT molecular complexity index is 375. The summed E-state index contributed by atoms with van der Waals surface area (Å²) < 4.78 is 58.9. The summed E-state index contributed by atoms with van der Waals surface area (Å²) in [6.07, 6.45) is 0. The molecule has 6 N–H and O–H groups in total. The first-order valence-corrected chi connectivity index (χ1v) is 9.20. The van der Waals surface area contributed by atoms with Crippen molar-refractivity contribution >= 4 is 0 Å². The molecule has 0 spiro atoms. The van der Waals surface area contributed by atoms with Crippen molar-refractivity contribution in [3.8, 4) is 0 Å². The van der Waals surface area contributed by atoms with E-state index >= 15 is 0 Å². The Hall–Kier alpha value is 0.0649. The second-order valence-corrected chi connectivity index (χ2v) is 9.64. The average Bonchev–Trinajstić information content (AvgIpc) is 1.63. The monoisotopic (exact) mass is 364 g/mol. The van der Waals surface area contributed by atoms with Gasteiger partial charge in [-0.15, -0.1) is 0 Å². The van der Waals surface area contributed by atoms with E-state index in [1.54, 1.807) is 0 Å². The molecule has 11 heteroatoms. The van der Waals surface area contributed by atoms with Crippen molar-refractivity contribution in [3.05, 3.63) is 0 Å².